The summed E-state index contributed by atoms with van der Waals surface area (Å²) in [5, 5.41) is 3.77. The number of hydrogen-bond acceptors (Lipinski definition) is 1. The molecule has 2 heteroatoms. The average Bonchev–Trinajstić information content (AvgIpc) is 2.58. The molecule has 1 aliphatic heterocycles. The molecule has 0 fully saturated rings. The van der Waals surface area contributed by atoms with Gasteiger partial charge in [0.2, 0.25) is 0 Å². The Morgan fingerprint density at radius 3 is 2.42 bits per heavy atom. The molecule has 0 amide bonds. The molecule has 1 aliphatic rings. The first kappa shape index (κ1) is 17.4. The first-order valence-corrected chi connectivity index (χ1v) is 9.65. The maximum absolute atomic E-state index is 3.77. The molecule has 1 nitrogen and oxygen atoms in total. The van der Waals surface area contributed by atoms with Crippen LogP contribution >= 0.6 is 15.9 Å². The van der Waals surface area contributed by atoms with E-state index in [-0.39, 0.29) is 0 Å². The van der Waals surface area contributed by atoms with E-state index in [1.54, 1.807) is 11.1 Å². The monoisotopic (exact) mass is 383 g/mol. The fourth-order valence-electron chi connectivity index (χ4n) is 3.54. The summed E-state index contributed by atoms with van der Waals surface area (Å²) in [6.45, 7) is 5.63. The predicted molar refractivity (Wildman–Crippen MR) is 107 cm³/mol. The Kier molecular flexibility index (Phi) is 5.91. The van der Waals surface area contributed by atoms with E-state index in [0.717, 1.165) is 23.9 Å². The van der Waals surface area contributed by atoms with Crippen LogP contribution in [0, 0.1) is 5.92 Å². The van der Waals surface area contributed by atoms with Crippen LogP contribution in [0.5, 0.6) is 0 Å². The van der Waals surface area contributed by atoms with Crippen LogP contribution in [-0.4, -0.2) is 12.6 Å². The molecule has 0 bridgehead atoms. The Morgan fingerprint density at radius 1 is 1.04 bits per heavy atom. The molecule has 3 rings (SSSR count). The first-order valence-electron chi connectivity index (χ1n) is 8.86. The molecular weight excluding hydrogens is 358 g/mol. The summed E-state index contributed by atoms with van der Waals surface area (Å²) < 4.78 is 1.15. The molecule has 0 saturated carbocycles. The lowest BCUT2D eigenvalue weighted by Gasteiger charge is -2.30. The molecule has 0 spiro atoms. The third kappa shape index (κ3) is 4.58. The summed E-state index contributed by atoms with van der Waals surface area (Å²) in [6.07, 6.45) is 3.38. The molecule has 1 N–H and O–H groups in total. The Morgan fingerprint density at radius 2 is 1.75 bits per heavy atom. The molecule has 0 aromatic heterocycles. The van der Waals surface area contributed by atoms with Crippen LogP contribution < -0.4 is 5.32 Å². The Bertz CT molecular complexity index is 686. The van der Waals surface area contributed by atoms with Gasteiger partial charge < -0.3 is 5.32 Å². The van der Waals surface area contributed by atoms with Crippen LogP contribution in [0.4, 0.5) is 0 Å². The van der Waals surface area contributed by atoms with Crippen molar-refractivity contribution in [3.63, 3.8) is 0 Å². The van der Waals surface area contributed by atoms with Crippen molar-refractivity contribution in [1.29, 1.82) is 0 Å². The number of hydrogen-bond donors (Lipinski definition) is 1. The molecule has 0 saturated heterocycles. The molecule has 0 radical (unpaired) electrons. The zero-order chi connectivity index (χ0) is 16.9. The molecule has 2 aromatic carbocycles. The van der Waals surface area contributed by atoms with E-state index < -0.39 is 0 Å². The highest BCUT2D eigenvalue weighted by Gasteiger charge is 2.22. The van der Waals surface area contributed by atoms with Gasteiger partial charge in [0.15, 0.2) is 0 Å². The first-order chi connectivity index (χ1) is 11.6. The number of rotatable bonds is 5. The van der Waals surface area contributed by atoms with Crippen molar-refractivity contribution in [2.24, 2.45) is 5.92 Å². The summed E-state index contributed by atoms with van der Waals surface area (Å²) in [5.74, 6) is 0.693. The highest BCUT2D eigenvalue weighted by molar-refractivity contribution is 9.10. The molecule has 126 valence electrons. The van der Waals surface area contributed by atoms with Crippen LogP contribution in [0.1, 0.15) is 37.8 Å². The van der Waals surface area contributed by atoms with Crippen molar-refractivity contribution in [3.05, 3.63) is 75.8 Å². The van der Waals surface area contributed by atoms with Crippen molar-refractivity contribution >= 4 is 21.5 Å². The summed E-state index contributed by atoms with van der Waals surface area (Å²) in [6, 6.07) is 20.2. The normalized spacial score (nSPS) is 18.2. The van der Waals surface area contributed by atoms with Crippen LogP contribution in [-0.2, 0) is 6.42 Å². The van der Waals surface area contributed by atoms with Gasteiger partial charge in [-0.15, -0.1) is 0 Å². The smallest absolute Gasteiger partial charge is 0.0175 e. The Hall–Kier alpha value is -1.38. The Labute approximate surface area is 154 Å². The van der Waals surface area contributed by atoms with Crippen molar-refractivity contribution in [3.8, 4) is 0 Å². The van der Waals surface area contributed by atoms with Crippen LogP contribution in [0.2, 0.25) is 0 Å². The van der Waals surface area contributed by atoms with E-state index in [0.29, 0.717) is 12.0 Å². The maximum Gasteiger partial charge on any atom is 0.0175 e. The van der Waals surface area contributed by atoms with Gasteiger partial charge in [0.1, 0.15) is 0 Å². The second-order valence-electron chi connectivity index (χ2n) is 7.16. The number of nitrogens with one attached hydrogen (secondary N) is 1. The van der Waals surface area contributed by atoms with Gasteiger partial charge >= 0.3 is 0 Å². The zero-order valence-corrected chi connectivity index (χ0v) is 16.1. The van der Waals surface area contributed by atoms with Gasteiger partial charge in [-0.2, -0.15) is 0 Å². The Balaban J connectivity index is 1.83. The molecule has 1 atom stereocenters. The lowest BCUT2D eigenvalue weighted by atomic mass is 9.85. The summed E-state index contributed by atoms with van der Waals surface area (Å²) >= 11 is 3.55. The molecular formula is C22H26BrN. The van der Waals surface area contributed by atoms with Crippen molar-refractivity contribution in [2.75, 3.05) is 6.54 Å². The van der Waals surface area contributed by atoms with Crippen molar-refractivity contribution in [1.82, 2.24) is 5.32 Å². The fraction of sp³-hybridized carbons (Fsp3) is 0.364. The van der Waals surface area contributed by atoms with E-state index in [4.69, 9.17) is 0 Å². The second kappa shape index (κ2) is 8.13. The van der Waals surface area contributed by atoms with Crippen molar-refractivity contribution < 1.29 is 0 Å². The average molecular weight is 384 g/mol. The van der Waals surface area contributed by atoms with E-state index in [1.165, 1.54) is 17.5 Å². The largest absolute Gasteiger partial charge is 0.310 e. The lowest BCUT2D eigenvalue weighted by molar-refractivity contribution is 0.502. The van der Waals surface area contributed by atoms with Crippen LogP contribution in [0.3, 0.4) is 0 Å². The number of halogens is 1. The van der Waals surface area contributed by atoms with Gasteiger partial charge in [-0.3, -0.25) is 0 Å². The highest BCUT2D eigenvalue weighted by Crippen LogP contribution is 2.32. The molecule has 24 heavy (non-hydrogen) atoms. The molecule has 2 aromatic rings. The minimum atomic E-state index is 0.516. The van der Waals surface area contributed by atoms with Gasteiger partial charge in [0.05, 0.1) is 0 Å². The maximum atomic E-state index is 3.77. The quantitative estimate of drug-likeness (QED) is 0.682. The van der Waals surface area contributed by atoms with E-state index in [1.807, 2.05) is 0 Å². The van der Waals surface area contributed by atoms with Gasteiger partial charge in [-0.25, -0.2) is 0 Å². The standard InChI is InChI=1S/C22H26BrN/c1-16(2)12-19-15-24-21(13-17-6-4-3-5-7-17)14-22(19)18-8-10-20(23)11-9-18/h3-11,16,21,24H,12-15H2,1-2H3. The van der Waals surface area contributed by atoms with Gasteiger partial charge in [0, 0.05) is 17.1 Å². The minimum Gasteiger partial charge on any atom is -0.310 e. The third-order valence-corrected chi connectivity index (χ3v) is 5.18. The molecule has 1 unspecified atom stereocenters. The summed E-state index contributed by atoms with van der Waals surface area (Å²) in [5.41, 5.74) is 5.93. The highest BCUT2D eigenvalue weighted by atomic mass is 79.9. The predicted octanol–water partition coefficient (Wildman–Crippen LogP) is 5.85. The third-order valence-electron chi connectivity index (χ3n) is 4.65. The lowest BCUT2D eigenvalue weighted by Crippen LogP contribution is -2.37. The van der Waals surface area contributed by atoms with Crippen LogP contribution in [0.25, 0.3) is 5.57 Å². The second-order valence-corrected chi connectivity index (χ2v) is 8.07. The number of benzene rings is 2. The minimum absolute atomic E-state index is 0.516. The van der Waals surface area contributed by atoms with Crippen molar-refractivity contribution in [2.45, 2.75) is 39.2 Å². The van der Waals surface area contributed by atoms with Gasteiger partial charge in [-0.05, 0) is 54.0 Å². The molecule has 0 aliphatic carbocycles. The molecule has 1 heterocycles. The van der Waals surface area contributed by atoms with E-state index in [9.17, 15) is 0 Å². The summed E-state index contributed by atoms with van der Waals surface area (Å²) in [4.78, 5) is 0. The van der Waals surface area contributed by atoms with Gasteiger partial charge in [0.25, 0.3) is 0 Å². The SMILES string of the molecule is CC(C)CC1=C(c2ccc(Br)cc2)CC(Cc2ccccc2)NC1. The van der Waals surface area contributed by atoms with E-state index >= 15 is 0 Å². The zero-order valence-electron chi connectivity index (χ0n) is 14.6. The summed E-state index contributed by atoms with van der Waals surface area (Å²) in [7, 11) is 0. The van der Waals surface area contributed by atoms with E-state index in [2.05, 4.69) is 89.7 Å². The topological polar surface area (TPSA) is 12.0 Å². The van der Waals surface area contributed by atoms with Crippen LogP contribution in [0.15, 0.2) is 64.6 Å². The fourth-order valence-corrected chi connectivity index (χ4v) is 3.81. The van der Waals surface area contributed by atoms with Gasteiger partial charge in [-0.1, -0.05) is 77.8 Å².